The number of rotatable bonds is 11. The van der Waals surface area contributed by atoms with Gasteiger partial charge in [0.15, 0.2) is 11.5 Å². The molecular weight excluding hydrogens is 558 g/mol. The Bertz CT molecular complexity index is 1670. The first-order chi connectivity index (χ1) is 21.5. The highest BCUT2D eigenvalue weighted by Crippen LogP contribution is 2.42. The SMILES string of the molecule is CNC(=O)c1nnc(NC(=O)C2CC2)cc1Nc1cccc(-c2ccc(C3CN(Cc4ccccn4)C3)c(OC)c2)c1OC. The van der Waals surface area contributed by atoms with E-state index in [1.54, 1.807) is 20.3 Å². The Morgan fingerprint density at radius 2 is 1.80 bits per heavy atom. The number of nitrogens with zero attached hydrogens (tertiary/aromatic N) is 4. The largest absolute Gasteiger partial charge is 0.496 e. The van der Waals surface area contributed by atoms with Crippen LogP contribution in [0.5, 0.6) is 11.5 Å². The summed E-state index contributed by atoms with van der Waals surface area (Å²) in [5.74, 6) is 1.53. The molecule has 1 aliphatic heterocycles. The number of aromatic nitrogens is 3. The third-order valence-corrected chi connectivity index (χ3v) is 7.98. The van der Waals surface area contributed by atoms with Gasteiger partial charge in [0, 0.05) is 56.3 Å². The standard InChI is InChI=1S/C33H35N7O4/c1-34-33(42)30-27(16-29(38-39-30)37-32(41)20-10-11-20)36-26-9-6-8-25(31(26)44-3)21-12-13-24(28(15-21)43-2)22-17-40(18-22)19-23-7-4-5-14-35-23/h4-9,12-16,20,22H,10-11,17-19H2,1-3H3,(H,34,42)(H2,36,37,38,41). The molecule has 11 heteroatoms. The second kappa shape index (κ2) is 12.7. The molecule has 0 spiro atoms. The molecule has 11 nitrogen and oxygen atoms in total. The fourth-order valence-electron chi connectivity index (χ4n) is 5.47. The summed E-state index contributed by atoms with van der Waals surface area (Å²) < 4.78 is 11.8. The smallest absolute Gasteiger partial charge is 0.273 e. The average Bonchev–Trinajstić information content (AvgIpc) is 3.89. The third kappa shape index (κ3) is 6.18. The van der Waals surface area contributed by atoms with Crippen LogP contribution in [0.2, 0.25) is 0 Å². The van der Waals surface area contributed by atoms with Crippen molar-refractivity contribution in [3.63, 3.8) is 0 Å². The fraction of sp³-hybridized carbons (Fsp3) is 0.303. The number of carbonyl (C=O) groups is 2. The molecule has 2 aliphatic rings. The van der Waals surface area contributed by atoms with E-state index in [1.165, 1.54) is 12.6 Å². The first kappa shape index (κ1) is 29.1. The summed E-state index contributed by atoms with van der Waals surface area (Å²) in [6, 6.07) is 19.6. The molecule has 1 aliphatic carbocycles. The van der Waals surface area contributed by atoms with Gasteiger partial charge in [0.05, 0.1) is 31.3 Å². The number of benzene rings is 2. The molecule has 44 heavy (non-hydrogen) atoms. The summed E-state index contributed by atoms with van der Waals surface area (Å²) in [5, 5.41) is 16.8. The van der Waals surface area contributed by atoms with Gasteiger partial charge in [-0.2, -0.15) is 0 Å². The van der Waals surface area contributed by atoms with Crippen LogP contribution >= 0.6 is 0 Å². The molecule has 3 N–H and O–H groups in total. The van der Waals surface area contributed by atoms with E-state index in [0.717, 1.165) is 55.0 Å². The normalized spacial score (nSPS) is 14.8. The topological polar surface area (TPSA) is 131 Å². The second-order valence-electron chi connectivity index (χ2n) is 11.0. The van der Waals surface area contributed by atoms with Gasteiger partial charge >= 0.3 is 0 Å². The van der Waals surface area contributed by atoms with Crippen LogP contribution in [-0.4, -0.2) is 66.3 Å². The van der Waals surface area contributed by atoms with Crippen molar-refractivity contribution < 1.29 is 19.1 Å². The van der Waals surface area contributed by atoms with Crippen molar-refractivity contribution in [2.24, 2.45) is 5.92 Å². The number of hydrogen-bond donors (Lipinski definition) is 3. The van der Waals surface area contributed by atoms with Crippen LogP contribution in [0.15, 0.2) is 66.9 Å². The molecule has 226 valence electrons. The molecule has 0 radical (unpaired) electrons. The number of anilines is 3. The number of para-hydroxylation sites is 1. The van der Waals surface area contributed by atoms with Gasteiger partial charge in [-0.25, -0.2) is 0 Å². The maximum Gasteiger partial charge on any atom is 0.273 e. The number of pyridine rings is 1. The van der Waals surface area contributed by atoms with E-state index in [9.17, 15) is 9.59 Å². The molecule has 0 unspecified atom stereocenters. The Labute approximate surface area is 256 Å². The first-order valence-electron chi connectivity index (χ1n) is 14.6. The van der Waals surface area contributed by atoms with Crippen LogP contribution in [0.1, 0.15) is 40.5 Å². The lowest BCUT2D eigenvalue weighted by Crippen LogP contribution is -2.44. The summed E-state index contributed by atoms with van der Waals surface area (Å²) in [5.41, 5.74) is 5.10. The molecule has 2 fully saturated rings. The van der Waals surface area contributed by atoms with E-state index >= 15 is 0 Å². The zero-order valence-corrected chi connectivity index (χ0v) is 25.0. The van der Waals surface area contributed by atoms with Gasteiger partial charge in [-0.05, 0) is 48.2 Å². The highest BCUT2D eigenvalue weighted by molar-refractivity contribution is 6.00. The van der Waals surface area contributed by atoms with Crippen molar-refractivity contribution >= 4 is 29.0 Å². The number of hydrogen-bond acceptors (Lipinski definition) is 9. The van der Waals surface area contributed by atoms with Crippen LogP contribution in [0.25, 0.3) is 11.1 Å². The van der Waals surface area contributed by atoms with Crippen molar-refractivity contribution in [1.29, 1.82) is 0 Å². The van der Waals surface area contributed by atoms with Gasteiger partial charge in [0.25, 0.3) is 5.91 Å². The van der Waals surface area contributed by atoms with Crippen LogP contribution in [0, 0.1) is 5.92 Å². The van der Waals surface area contributed by atoms with Crippen LogP contribution < -0.4 is 25.4 Å². The van der Waals surface area contributed by atoms with Crippen LogP contribution in [-0.2, 0) is 11.3 Å². The summed E-state index contributed by atoms with van der Waals surface area (Å²) in [6.07, 6.45) is 3.55. The summed E-state index contributed by atoms with van der Waals surface area (Å²) in [7, 11) is 4.82. The molecule has 4 aromatic rings. The Morgan fingerprint density at radius 1 is 0.955 bits per heavy atom. The van der Waals surface area contributed by atoms with Crippen molar-refractivity contribution in [3.8, 4) is 22.6 Å². The molecule has 2 aromatic carbocycles. The zero-order valence-electron chi connectivity index (χ0n) is 25.0. The number of likely N-dealkylation sites (tertiary alicyclic amines) is 1. The molecule has 2 aromatic heterocycles. The second-order valence-corrected chi connectivity index (χ2v) is 11.0. The van der Waals surface area contributed by atoms with Crippen LogP contribution in [0.3, 0.4) is 0 Å². The molecule has 6 rings (SSSR count). The quantitative estimate of drug-likeness (QED) is 0.228. The number of ether oxygens (including phenoxy) is 2. The highest BCUT2D eigenvalue weighted by atomic mass is 16.5. The van der Waals surface area contributed by atoms with Crippen molar-refractivity contribution in [3.05, 3.63) is 83.8 Å². The number of nitrogens with one attached hydrogen (secondary N) is 3. The molecule has 1 saturated carbocycles. The van der Waals surface area contributed by atoms with E-state index < -0.39 is 5.91 Å². The molecular formula is C33H35N7O4. The highest BCUT2D eigenvalue weighted by Gasteiger charge is 2.31. The predicted octanol–water partition coefficient (Wildman–Crippen LogP) is 4.61. The molecule has 0 atom stereocenters. The summed E-state index contributed by atoms with van der Waals surface area (Å²) >= 11 is 0. The minimum Gasteiger partial charge on any atom is -0.496 e. The van der Waals surface area contributed by atoms with Gasteiger partial charge in [-0.15, -0.1) is 10.2 Å². The summed E-state index contributed by atoms with van der Waals surface area (Å²) in [6.45, 7) is 2.70. The molecule has 2 amide bonds. The molecule has 1 saturated heterocycles. The Balaban J connectivity index is 1.25. The lowest BCUT2D eigenvalue weighted by Gasteiger charge is -2.40. The average molecular weight is 594 g/mol. The lowest BCUT2D eigenvalue weighted by atomic mass is 9.89. The Morgan fingerprint density at radius 3 is 2.50 bits per heavy atom. The van der Waals surface area contributed by atoms with E-state index in [1.807, 2.05) is 42.6 Å². The van der Waals surface area contributed by atoms with E-state index in [4.69, 9.17) is 9.47 Å². The van der Waals surface area contributed by atoms with Crippen molar-refractivity contribution in [2.45, 2.75) is 25.3 Å². The fourth-order valence-corrected chi connectivity index (χ4v) is 5.47. The summed E-state index contributed by atoms with van der Waals surface area (Å²) in [4.78, 5) is 31.8. The van der Waals surface area contributed by atoms with Gasteiger partial charge in [0.2, 0.25) is 5.91 Å². The van der Waals surface area contributed by atoms with E-state index in [2.05, 4.69) is 54.2 Å². The van der Waals surface area contributed by atoms with Crippen molar-refractivity contribution in [1.82, 2.24) is 25.4 Å². The van der Waals surface area contributed by atoms with Gasteiger partial charge in [-0.3, -0.25) is 19.5 Å². The first-order valence-corrected chi connectivity index (χ1v) is 14.6. The van der Waals surface area contributed by atoms with E-state index in [-0.39, 0.29) is 23.3 Å². The zero-order chi connectivity index (χ0) is 30.6. The minimum absolute atomic E-state index is 0.00167. The predicted molar refractivity (Wildman–Crippen MR) is 167 cm³/mol. The van der Waals surface area contributed by atoms with Gasteiger partial charge < -0.3 is 25.4 Å². The minimum atomic E-state index is -0.412. The van der Waals surface area contributed by atoms with Gasteiger partial charge in [-0.1, -0.05) is 30.3 Å². The maximum atomic E-state index is 12.6. The lowest BCUT2D eigenvalue weighted by molar-refractivity contribution is -0.117. The molecule has 0 bridgehead atoms. The third-order valence-electron chi connectivity index (χ3n) is 7.98. The van der Waals surface area contributed by atoms with E-state index in [0.29, 0.717) is 23.0 Å². The number of carbonyl (C=O) groups excluding carboxylic acids is 2. The monoisotopic (exact) mass is 593 g/mol. The van der Waals surface area contributed by atoms with Crippen molar-refractivity contribution in [2.75, 3.05) is 45.0 Å². The van der Waals surface area contributed by atoms with Crippen LogP contribution in [0.4, 0.5) is 17.2 Å². The Hall–Kier alpha value is -5.03. The maximum absolute atomic E-state index is 12.6. The molecule has 3 heterocycles. The Kier molecular flexibility index (Phi) is 8.38. The van der Waals surface area contributed by atoms with Gasteiger partial charge in [0.1, 0.15) is 11.5 Å². The number of amides is 2. The number of methoxy groups -OCH3 is 2.